The monoisotopic (exact) mass is 1140 g/mol. The SMILES string of the molecule is CCCCCN1/C(=C/C=C2\CCCC(/C=C/C3=[N+](CCCCCC(=O)NCCOCCOCC(=O)NCCCC[C@H](NC(=O)N[C@@H](CCC(C)=O)C(=O)O)C(=O)O)c4ccccc4C3(C)C)=C2Oc2ccccc2)C(C)(C)c2ccccc21. The van der Waals surface area contributed by atoms with Gasteiger partial charge in [-0.15, -0.1) is 0 Å². The van der Waals surface area contributed by atoms with E-state index in [-0.39, 0.29) is 74.1 Å². The molecule has 0 unspecified atom stereocenters. The summed E-state index contributed by atoms with van der Waals surface area (Å²) in [6, 6.07) is 24.1. The van der Waals surface area contributed by atoms with E-state index in [2.05, 4.69) is 138 Å². The Morgan fingerprint density at radius 1 is 0.675 bits per heavy atom. The highest BCUT2D eigenvalue weighted by molar-refractivity contribution is 6.03. The molecule has 0 spiro atoms. The number of ketones is 1. The number of hydrogen-bond acceptors (Lipinski definition) is 10. The molecule has 2 atom stereocenters. The van der Waals surface area contributed by atoms with E-state index in [4.69, 9.17) is 14.2 Å². The van der Waals surface area contributed by atoms with Gasteiger partial charge in [-0.2, -0.15) is 4.58 Å². The molecule has 3 aromatic rings. The number of fused-ring (bicyclic) bond motifs is 2. The summed E-state index contributed by atoms with van der Waals surface area (Å²) in [5.41, 5.74) is 9.76. The second-order valence-corrected chi connectivity index (χ2v) is 22.7. The summed E-state index contributed by atoms with van der Waals surface area (Å²) in [4.78, 5) is 74.1. The molecule has 6 N–H and O–H groups in total. The number of amides is 4. The first-order valence-electron chi connectivity index (χ1n) is 29.8. The van der Waals surface area contributed by atoms with Crippen LogP contribution in [-0.2, 0) is 44.3 Å². The minimum atomic E-state index is -1.34. The maximum absolute atomic E-state index is 12.8. The van der Waals surface area contributed by atoms with Crippen molar-refractivity contribution in [2.45, 2.75) is 161 Å². The second-order valence-electron chi connectivity index (χ2n) is 22.7. The van der Waals surface area contributed by atoms with Crippen LogP contribution in [0.4, 0.5) is 16.2 Å². The van der Waals surface area contributed by atoms with Gasteiger partial charge in [-0.1, -0.05) is 94.3 Å². The number of unbranched alkanes of at least 4 members (excludes halogenated alkanes) is 5. The molecule has 0 fully saturated rings. The summed E-state index contributed by atoms with van der Waals surface area (Å²) in [6.07, 6.45) is 19.3. The first kappa shape index (κ1) is 64.8. The van der Waals surface area contributed by atoms with Crippen LogP contribution in [0.3, 0.4) is 0 Å². The Balaban J connectivity index is 0.942. The van der Waals surface area contributed by atoms with Crippen LogP contribution >= 0.6 is 0 Å². The number of benzene rings is 3. The van der Waals surface area contributed by atoms with Crippen LogP contribution in [0.25, 0.3) is 0 Å². The fourth-order valence-corrected chi connectivity index (χ4v) is 11.0. The van der Waals surface area contributed by atoms with Gasteiger partial charge in [0.1, 0.15) is 42.5 Å². The van der Waals surface area contributed by atoms with E-state index in [0.29, 0.717) is 32.4 Å². The van der Waals surface area contributed by atoms with E-state index in [0.717, 1.165) is 69.5 Å². The Morgan fingerprint density at radius 3 is 2.10 bits per heavy atom. The zero-order valence-electron chi connectivity index (χ0n) is 49.7. The number of ether oxygens (including phenoxy) is 3. The van der Waals surface area contributed by atoms with E-state index >= 15 is 0 Å². The second kappa shape index (κ2) is 32.5. The molecule has 3 aliphatic rings. The molecule has 17 nitrogen and oxygen atoms in total. The number of aliphatic carboxylic acids is 2. The van der Waals surface area contributed by atoms with Gasteiger partial charge >= 0.3 is 18.0 Å². The van der Waals surface area contributed by atoms with E-state index in [1.807, 2.05) is 30.3 Å². The summed E-state index contributed by atoms with van der Waals surface area (Å²) in [5.74, 6) is -1.50. The zero-order valence-corrected chi connectivity index (χ0v) is 49.7. The van der Waals surface area contributed by atoms with Gasteiger partial charge in [-0.25, -0.2) is 14.4 Å². The Kier molecular flexibility index (Phi) is 25.3. The number of hydrogen-bond donors (Lipinski definition) is 6. The lowest BCUT2D eigenvalue weighted by atomic mass is 9.81. The number of allylic oxidation sites excluding steroid dienone is 7. The smallest absolute Gasteiger partial charge is 0.326 e. The molecule has 0 saturated heterocycles. The molecule has 0 aromatic heterocycles. The molecule has 0 saturated carbocycles. The quantitative estimate of drug-likeness (QED) is 0.0239. The van der Waals surface area contributed by atoms with E-state index in [1.165, 1.54) is 64.8 Å². The molecule has 448 valence electrons. The number of nitrogens with zero attached hydrogens (tertiary/aromatic N) is 2. The number of nitrogens with one attached hydrogen (secondary N) is 4. The summed E-state index contributed by atoms with van der Waals surface area (Å²) in [6.45, 7) is 15.8. The Labute approximate surface area is 490 Å². The van der Waals surface area contributed by atoms with Gasteiger partial charge in [0.2, 0.25) is 17.5 Å². The number of rotatable bonds is 35. The van der Waals surface area contributed by atoms with Gasteiger partial charge in [0.25, 0.3) is 0 Å². The van der Waals surface area contributed by atoms with Crippen molar-refractivity contribution >= 4 is 52.7 Å². The number of anilines is 1. The van der Waals surface area contributed by atoms with E-state index in [9.17, 15) is 39.0 Å². The third-order valence-electron chi connectivity index (χ3n) is 15.6. The lowest BCUT2D eigenvalue weighted by molar-refractivity contribution is -0.438. The van der Waals surface area contributed by atoms with E-state index in [1.54, 1.807) is 0 Å². The van der Waals surface area contributed by atoms with Gasteiger partial charge in [0.05, 0.1) is 25.2 Å². The molecule has 4 amide bonds. The molecule has 2 aliphatic heterocycles. The van der Waals surface area contributed by atoms with Gasteiger partial charge in [-0.05, 0) is 132 Å². The Bertz CT molecular complexity index is 2870. The first-order valence-corrected chi connectivity index (χ1v) is 29.8. The van der Waals surface area contributed by atoms with E-state index < -0.39 is 30.1 Å². The van der Waals surface area contributed by atoms with Crippen LogP contribution in [0.5, 0.6) is 5.75 Å². The minimum Gasteiger partial charge on any atom is -0.480 e. The summed E-state index contributed by atoms with van der Waals surface area (Å²) < 4.78 is 20.4. The lowest BCUT2D eigenvalue weighted by Gasteiger charge is -2.27. The number of carboxylic acid groups (broad SMARTS) is 2. The van der Waals surface area contributed by atoms with Gasteiger partial charge in [0, 0.05) is 73.4 Å². The molecule has 3 aromatic carbocycles. The molecular weight excluding hydrogens is 1050 g/mol. The molecule has 83 heavy (non-hydrogen) atoms. The molecule has 1 aliphatic carbocycles. The number of para-hydroxylation sites is 3. The van der Waals surface area contributed by atoms with Gasteiger partial charge in [0.15, 0.2) is 5.71 Å². The van der Waals surface area contributed by atoms with Gasteiger partial charge in [-0.3, -0.25) is 9.59 Å². The van der Waals surface area contributed by atoms with Crippen LogP contribution < -0.4 is 30.9 Å². The third-order valence-corrected chi connectivity index (χ3v) is 15.6. The molecule has 17 heteroatoms. The summed E-state index contributed by atoms with van der Waals surface area (Å²) >= 11 is 0. The summed E-state index contributed by atoms with van der Waals surface area (Å²) in [5, 5.41) is 28.9. The van der Waals surface area contributed by atoms with Crippen molar-refractivity contribution in [3.8, 4) is 5.75 Å². The van der Waals surface area contributed by atoms with Crippen molar-refractivity contribution in [1.29, 1.82) is 0 Å². The van der Waals surface area contributed by atoms with Crippen LogP contribution in [-0.4, -0.2) is 121 Å². The van der Waals surface area contributed by atoms with Crippen molar-refractivity contribution in [3.63, 3.8) is 0 Å². The van der Waals surface area contributed by atoms with Crippen LogP contribution in [0, 0.1) is 0 Å². The number of Topliss-reactive ketones (excluding diaryl/α,β-unsaturated/α-hetero) is 1. The number of carboxylic acids is 2. The lowest BCUT2D eigenvalue weighted by Crippen LogP contribution is -2.51. The van der Waals surface area contributed by atoms with Crippen molar-refractivity contribution in [2.75, 3.05) is 57.5 Å². The van der Waals surface area contributed by atoms with Gasteiger partial charge < -0.3 is 55.4 Å². The fourth-order valence-electron chi connectivity index (χ4n) is 11.0. The number of carbonyl (C=O) groups excluding carboxylic acids is 4. The van der Waals surface area contributed by atoms with Crippen molar-refractivity contribution in [2.24, 2.45) is 0 Å². The topological polar surface area (TPSA) is 225 Å². The normalized spacial score (nSPS) is 16.9. The maximum Gasteiger partial charge on any atom is 0.326 e. The average Bonchev–Trinajstić information content (AvgIpc) is 2.05. The van der Waals surface area contributed by atoms with Crippen LogP contribution in [0.15, 0.2) is 126 Å². The molecule has 2 heterocycles. The van der Waals surface area contributed by atoms with Crippen molar-refractivity contribution < 1.29 is 57.8 Å². The van der Waals surface area contributed by atoms with Crippen molar-refractivity contribution in [1.82, 2.24) is 21.3 Å². The third kappa shape index (κ3) is 19.1. The van der Waals surface area contributed by atoms with Crippen molar-refractivity contribution in [3.05, 3.63) is 137 Å². The average molecular weight is 1140 g/mol. The van der Waals surface area contributed by atoms with Crippen LogP contribution in [0.2, 0.25) is 0 Å². The predicted octanol–water partition coefficient (Wildman–Crippen LogP) is 10.5. The Morgan fingerprint density at radius 2 is 1.36 bits per heavy atom. The fraction of sp³-hybridized carbons (Fsp3) is 0.500. The molecule has 0 bridgehead atoms. The minimum absolute atomic E-state index is 0.0313. The number of urea groups is 1. The number of carbonyl (C=O) groups is 6. The highest BCUT2D eigenvalue weighted by atomic mass is 16.5. The zero-order chi connectivity index (χ0) is 59.8. The molecule has 0 radical (unpaired) electrons. The first-order chi connectivity index (χ1) is 39.9. The predicted molar refractivity (Wildman–Crippen MR) is 323 cm³/mol. The highest BCUT2D eigenvalue weighted by Crippen LogP contribution is 2.48. The largest absolute Gasteiger partial charge is 0.480 e. The van der Waals surface area contributed by atoms with Crippen LogP contribution in [0.1, 0.15) is 149 Å². The Hall–Kier alpha value is -7.37. The highest BCUT2D eigenvalue weighted by Gasteiger charge is 2.44. The molecule has 6 rings (SSSR count). The summed E-state index contributed by atoms with van der Waals surface area (Å²) in [7, 11) is 0. The maximum atomic E-state index is 12.8. The molecular formula is C66H89N6O11+. The standard InChI is InChI=1S/C66H88N6O11/c1-7-8-20-41-71-55-30-16-14-27-51(55)65(3,4)57(71)37-34-48-23-22-24-49(61(48)83-50-25-11-9-12-26-50)35-38-58-66(5,6)52-28-15-17-31-56(52)72(58)42-21-10-13-32-59(74)68-40-43-81-44-45-82-46-60(75)67-39-19-18-29-53(62(76)77)69-64(80)70-54(63(78)79)36-33-47(2)73/h9,11-12,14-17,25-28,30-31,34-35,37-38,53-54H,7-8,10,13,18-24,29,32-33,36,39-46H2,1-6H3,(H5-,67,68,69,70,74,75,76,77,78,79,80)/p+1/t53-,54-/m0/s1.